The van der Waals surface area contributed by atoms with Crippen molar-refractivity contribution < 1.29 is 17.9 Å². The number of aryl methyl sites for hydroxylation is 1. The Hall–Kier alpha value is -1.12. The van der Waals surface area contributed by atoms with E-state index in [1.807, 2.05) is 0 Å². The fourth-order valence-corrected chi connectivity index (χ4v) is 3.81. The first-order valence-corrected chi connectivity index (χ1v) is 9.03. The molecular formula is C12H18ClN3O4S. The van der Waals surface area contributed by atoms with Gasteiger partial charge in [0.1, 0.15) is 4.90 Å². The highest BCUT2D eigenvalue weighted by Crippen LogP contribution is 2.25. The molecule has 1 saturated heterocycles. The molecule has 1 fully saturated rings. The summed E-state index contributed by atoms with van der Waals surface area (Å²) in [5.41, 5.74) is 0.220. The largest absolute Gasteiger partial charge is 0.381 e. The summed E-state index contributed by atoms with van der Waals surface area (Å²) in [6, 6.07) is 0. The lowest BCUT2D eigenvalue weighted by Gasteiger charge is -2.30. The molecule has 1 aromatic rings. The summed E-state index contributed by atoms with van der Waals surface area (Å²) in [6.07, 6.45) is 1.97. The quantitative estimate of drug-likeness (QED) is 0.833. The normalized spacial score (nSPS) is 17.2. The summed E-state index contributed by atoms with van der Waals surface area (Å²) in [5.74, 6) is -0.417. The van der Waals surface area contributed by atoms with Crippen molar-refractivity contribution in [3.8, 4) is 0 Å². The number of piperidine rings is 1. The van der Waals surface area contributed by atoms with Crippen molar-refractivity contribution in [2.24, 2.45) is 0 Å². The molecule has 9 heteroatoms. The molecule has 21 heavy (non-hydrogen) atoms. The number of hydrogen-bond acceptors (Lipinski definition) is 5. The van der Waals surface area contributed by atoms with Gasteiger partial charge in [0.05, 0.1) is 11.8 Å². The molecule has 1 amide bonds. The molecule has 0 spiro atoms. The number of methoxy groups -OCH3 is 1. The van der Waals surface area contributed by atoms with Gasteiger partial charge in [-0.2, -0.15) is 5.10 Å². The Kier molecular flexibility index (Phi) is 4.90. The highest BCUT2D eigenvalue weighted by molar-refractivity contribution is 8.13. The number of halogens is 1. The van der Waals surface area contributed by atoms with E-state index in [2.05, 4.69) is 10.2 Å². The number of aromatic nitrogens is 2. The summed E-state index contributed by atoms with van der Waals surface area (Å²) in [5, 5.41) is 6.44. The van der Waals surface area contributed by atoms with Gasteiger partial charge in [-0.1, -0.05) is 6.92 Å². The van der Waals surface area contributed by atoms with Crippen LogP contribution in [0.4, 0.5) is 0 Å². The van der Waals surface area contributed by atoms with Crippen LogP contribution in [0.3, 0.4) is 0 Å². The molecule has 0 saturated carbocycles. The summed E-state index contributed by atoms with van der Waals surface area (Å²) in [4.78, 5) is 13.8. The minimum atomic E-state index is -4.03. The van der Waals surface area contributed by atoms with E-state index in [-0.39, 0.29) is 16.7 Å². The van der Waals surface area contributed by atoms with Gasteiger partial charge in [0.25, 0.3) is 15.0 Å². The number of hydrogen-bond donors (Lipinski definition) is 1. The number of ether oxygens (including phenoxy) is 1. The molecule has 1 aliphatic rings. The van der Waals surface area contributed by atoms with Gasteiger partial charge in [-0.05, 0) is 19.3 Å². The standard InChI is InChI=1S/C12H18ClN3O4S/c1-3-9-11(21(13,18)19)10(15-14-9)12(17)16-6-4-8(20-2)5-7-16/h8H,3-7H2,1-2H3,(H,14,15). The van der Waals surface area contributed by atoms with Gasteiger partial charge >= 0.3 is 0 Å². The lowest BCUT2D eigenvalue weighted by molar-refractivity contribution is 0.0345. The summed E-state index contributed by atoms with van der Waals surface area (Å²) >= 11 is 0. The van der Waals surface area contributed by atoms with E-state index in [1.54, 1.807) is 18.9 Å². The van der Waals surface area contributed by atoms with Crippen LogP contribution < -0.4 is 0 Å². The van der Waals surface area contributed by atoms with E-state index < -0.39 is 15.0 Å². The Morgan fingerprint density at radius 2 is 2.10 bits per heavy atom. The maximum Gasteiger partial charge on any atom is 0.275 e. The van der Waals surface area contributed by atoms with Crippen molar-refractivity contribution in [2.75, 3.05) is 20.2 Å². The predicted octanol–water partition coefficient (Wildman–Crippen LogP) is 1.15. The fraction of sp³-hybridized carbons (Fsp3) is 0.667. The van der Waals surface area contributed by atoms with E-state index in [1.165, 1.54) is 0 Å². The molecule has 0 aromatic carbocycles. The third-order valence-electron chi connectivity index (χ3n) is 3.65. The summed E-state index contributed by atoms with van der Waals surface area (Å²) in [6.45, 7) is 2.78. The molecule has 1 N–H and O–H groups in total. The Balaban J connectivity index is 2.27. The van der Waals surface area contributed by atoms with E-state index in [4.69, 9.17) is 15.4 Å². The Morgan fingerprint density at radius 1 is 1.48 bits per heavy atom. The van der Waals surface area contributed by atoms with E-state index in [0.29, 0.717) is 25.2 Å². The zero-order valence-corrected chi connectivity index (χ0v) is 13.5. The Bertz CT molecular complexity index is 620. The Morgan fingerprint density at radius 3 is 2.57 bits per heavy atom. The highest BCUT2D eigenvalue weighted by atomic mass is 35.7. The van der Waals surface area contributed by atoms with Gasteiger partial charge in [-0.15, -0.1) is 0 Å². The molecule has 2 heterocycles. The SMILES string of the molecule is CCc1[nH]nc(C(=O)N2CCC(OC)CC2)c1S(=O)(=O)Cl. The monoisotopic (exact) mass is 335 g/mol. The number of amides is 1. The third-order valence-corrected chi connectivity index (χ3v) is 5.04. The van der Waals surface area contributed by atoms with Crippen LogP contribution in [-0.2, 0) is 20.2 Å². The van der Waals surface area contributed by atoms with Crippen LogP contribution in [0.5, 0.6) is 0 Å². The second-order valence-electron chi connectivity index (χ2n) is 4.90. The van der Waals surface area contributed by atoms with Gasteiger partial charge in [-0.25, -0.2) is 8.42 Å². The molecule has 0 bridgehead atoms. The second-order valence-corrected chi connectivity index (χ2v) is 7.40. The van der Waals surface area contributed by atoms with Crippen LogP contribution in [0.25, 0.3) is 0 Å². The van der Waals surface area contributed by atoms with Crippen LogP contribution in [-0.4, -0.2) is 55.7 Å². The molecule has 0 aliphatic carbocycles. The Labute approximate surface area is 128 Å². The average Bonchev–Trinajstić information content (AvgIpc) is 2.90. The summed E-state index contributed by atoms with van der Waals surface area (Å²) in [7, 11) is 3.05. The third kappa shape index (κ3) is 3.38. The van der Waals surface area contributed by atoms with Crippen LogP contribution in [0, 0.1) is 0 Å². The molecule has 118 valence electrons. The van der Waals surface area contributed by atoms with Crippen molar-refractivity contribution in [1.82, 2.24) is 15.1 Å². The second kappa shape index (κ2) is 6.33. The number of nitrogens with zero attached hydrogens (tertiary/aromatic N) is 2. The maximum atomic E-state index is 12.5. The topological polar surface area (TPSA) is 92.4 Å². The van der Waals surface area contributed by atoms with Crippen molar-refractivity contribution in [3.05, 3.63) is 11.4 Å². The number of H-pyrrole nitrogens is 1. The zero-order chi connectivity index (χ0) is 15.6. The van der Waals surface area contributed by atoms with Crippen LogP contribution in [0.15, 0.2) is 4.90 Å². The minimum Gasteiger partial charge on any atom is -0.381 e. The number of likely N-dealkylation sites (tertiary alicyclic amines) is 1. The number of aromatic amines is 1. The first-order valence-electron chi connectivity index (χ1n) is 6.72. The fourth-order valence-electron chi connectivity index (χ4n) is 2.46. The van der Waals surface area contributed by atoms with Crippen LogP contribution >= 0.6 is 10.7 Å². The number of carbonyl (C=O) groups is 1. The van der Waals surface area contributed by atoms with Crippen molar-refractivity contribution in [1.29, 1.82) is 0 Å². The smallest absolute Gasteiger partial charge is 0.275 e. The first-order chi connectivity index (χ1) is 9.88. The van der Waals surface area contributed by atoms with Gasteiger partial charge in [0.2, 0.25) is 0 Å². The van der Waals surface area contributed by atoms with Gasteiger partial charge in [0.15, 0.2) is 5.69 Å². The van der Waals surface area contributed by atoms with Crippen molar-refractivity contribution in [2.45, 2.75) is 37.2 Å². The van der Waals surface area contributed by atoms with E-state index >= 15 is 0 Å². The highest BCUT2D eigenvalue weighted by Gasteiger charge is 2.32. The lowest BCUT2D eigenvalue weighted by Crippen LogP contribution is -2.41. The first kappa shape index (κ1) is 16.3. The molecule has 1 aliphatic heterocycles. The average molecular weight is 336 g/mol. The van der Waals surface area contributed by atoms with Gasteiger partial charge in [0, 0.05) is 30.9 Å². The lowest BCUT2D eigenvalue weighted by atomic mass is 10.1. The molecule has 0 radical (unpaired) electrons. The van der Waals surface area contributed by atoms with Gasteiger partial charge < -0.3 is 9.64 Å². The number of nitrogens with one attached hydrogen (secondary N) is 1. The molecular weight excluding hydrogens is 318 g/mol. The van der Waals surface area contributed by atoms with E-state index in [9.17, 15) is 13.2 Å². The maximum absolute atomic E-state index is 12.5. The molecule has 7 nitrogen and oxygen atoms in total. The predicted molar refractivity (Wildman–Crippen MR) is 76.9 cm³/mol. The zero-order valence-electron chi connectivity index (χ0n) is 11.9. The van der Waals surface area contributed by atoms with Gasteiger partial charge in [-0.3, -0.25) is 9.89 Å². The minimum absolute atomic E-state index is 0.127. The van der Waals surface area contributed by atoms with Crippen molar-refractivity contribution in [3.63, 3.8) is 0 Å². The summed E-state index contributed by atoms with van der Waals surface area (Å²) < 4.78 is 28.6. The van der Waals surface area contributed by atoms with E-state index in [0.717, 1.165) is 12.8 Å². The van der Waals surface area contributed by atoms with Crippen LogP contribution in [0.1, 0.15) is 35.9 Å². The molecule has 0 atom stereocenters. The molecule has 1 aromatic heterocycles. The molecule has 0 unspecified atom stereocenters. The number of rotatable bonds is 4. The molecule has 2 rings (SSSR count). The number of carbonyl (C=O) groups excluding carboxylic acids is 1. The van der Waals surface area contributed by atoms with Crippen LogP contribution in [0.2, 0.25) is 0 Å². The van der Waals surface area contributed by atoms with Crippen molar-refractivity contribution >= 4 is 25.6 Å².